The number of aromatic nitrogens is 2. The minimum absolute atomic E-state index is 0.0282. The lowest BCUT2D eigenvalue weighted by Gasteiger charge is -2.31. The van der Waals surface area contributed by atoms with Crippen LogP contribution in [-0.4, -0.2) is 117 Å². The first-order chi connectivity index (χ1) is 36.8. The molecule has 6 N–H and O–H groups in total. The third-order valence-electron chi connectivity index (χ3n) is 14.6. The van der Waals surface area contributed by atoms with E-state index in [-0.39, 0.29) is 74.9 Å². The number of halogens is 1. The molecular formula is C55H60FN7O14. The van der Waals surface area contributed by atoms with E-state index in [2.05, 4.69) is 21.3 Å². The summed E-state index contributed by atoms with van der Waals surface area (Å²) in [6.07, 6.45) is 2.68. The number of cyclic esters (lactones) is 1. The molecule has 0 saturated carbocycles. The maximum absolute atomic E-state index is 15.5. The van der Waals surface area contributed by atoms with Crippen molar-refractivity contribution in [2.75, 3.05) is 32.8 Å². The normalized spacial score (nSPS) is 17.9. The molecule has 4 aromatic rings. The van der Waals surface area contributed by atoms with Crippen molar-refractivity contribution in [2.24, 2.45) is 5.92 Å². The maximum atomic E-state index is 15.5. The lowest BCUT2D eigenvalue weighted by molar-refractivity contribution is -0.172. The number of ether oxygens (including phenoxy) is 2. The number of aliphatic carboxylic acids is 1. The number of aliphatic hydroxyl groups is 1. The molecule has 0 fully saturated rings. The highest BCUT2D eigenvalue weighted by Crippen LogP contribution is 2.46. The molecule has 2 aromatic heterocycles. The van der Waals surface area contributed by atoms with E-state index in [4.69, 9.17) is 14.5 Å². The number of Topliss-reactive ketones (excluding diaryl/α,β-unsaturated/α-hetero) is 1. The number of fused-ring (bicyclic) bond motifs is 5. The van der Waals surface area contributed by atoms with Gasteiger partial charge in [-0.1, -0.05) is 43.7 Å². The molecule has 4 atom stereocenters. The zero-order valence-electron chi connectivity index (χ0n) is 42.9. The summed E-state index contributed by atoms with van der Waals surface area (Å²) in [6.45, 7) is 2.86. The molecule has 5 heterocycles. The number of rotatable bonds is 24. The summed E-state index contributed by atoms with van der Waals surface area (Å²) < 4.78 is 27.6. The molecule has 0 unspecified atom stereocenters. The number of carbonyl (C=O) groups excluding carboxylic acids is 8. The summed E-state index contributed by atoms with van der Waals surface area (Å²) in [5.74, 6) is -7.13. The van der Waals surface area contributed by atoms with Crippen LogP contribution in [0.1, 0.15) is 110 Å². The van der Waals surface area contributed by atoms with Gasteiger partial charge in [0, 0.05) is 59.5 Å². The average molecular weight is 1060 g/mol. The van der Waals surface area contributed by atoms with Gasteiger partial charge >= 0.3 is 11.9 Å². The van der Waals surface area contributed by atoms with Gasteiger partial charge in [-0.3, -0.25) is 48.1 Å². The number of imide groups is 1. The van der Waals surface area contributed by atoms with E-state index in [0.29, 0.717) is 82.2 Å². The monoisotopic (exact) mass is 1060 g/mol. The zero-order valence-corrected chi connectivity index (χ0v) is 42.9. The first kappa shape index (κ1) is 55.3. The van der Waals surface area contributed by atoms with E-state index in [1.807, 2.05) is 0 Å². The van der Waals surface area contributed by atoms with E-state index < -0.39 is 102 Å². The summed E-state index contributed by atoms with van der Waals surface area (Å²) in [5.41, 5.74) is 2.07. The Labute approximate surface area is 440 Å². The van der Waals surface area contributed by atoms with Gasteiger partial charge in [0.15, 0.2) is 11.4 Å². The van der Waals surface area contributed by atoms with Crippen molar-refractivity contribution in [1.29, 1.82) is 0 Å². The molecule has 0 saturated heterocycles. The number of carbonyl (C=O) groups is 9. The Balaban J connectivity index is 0.861. The van der Waals surface area contributed by atoms with E-state index in [0.717, 1.165) is 10.5 Å². The smallest absolute Gasteiger partial charge is 0.343 e. The van der Waals surface area contributed by atoms with Gasteiger partial charge in [0.1, 0.15) is 19.0 Å². The molecule has 22 heteroatoms. The molecular weight excluding hydrogens is 1000 g/mol. The Bertz CT molecular complexity index is 3190. The molecule has 77 heavy (non-hydrogen) atoms. The van der Waals surface area contributed by atoms with Gasteiger partial charge in [-0.15, -0.1) is 0 Å². The van der Waals surface area contributed by atoms with Gasteiger partial charge in [0.2, 0.25) is 23.6 Å². The van der Waals surface area contributed by atoms with Crippen LogP contribution in [0, 0.1) is 18.7 Å². The van der Waals surface area contributed by atoms with Crippen LogP contribution in [0.5, 0.6) is 0 Å². The fourth-order valence-corrected chi connectivity index (χ4v) is 10.5. The minimum atomic E-state index is -2.07. The second-order valence-corrected chi connectivity index (χ2v) is 19.9. The zero-order chi connectivity index (χ0) is 55.3. The van der Waals surface area contributed by atoms with Crippen molar-refractivity contribution in [3.05, 3.63) is 109 Å². The van der Waals surface area contributed by atoms with Crippen LogP contribution in [0.4, 0.5) is 4.39 Å². The van der Waals surface area contributed by atoms with Crippen molar-refractivity contribution in [3.63, 3.8) is 0 Å². The van der Waals surface area contributed by atoms with Crippen LogP contribution >= 0.6 is 0 Å². The summed E-state index contributed by atoms with van der Waals surface area (Å²) in [7, 11) is 0. The fraction of sp³-hybridized carbons (Fsp3) is 0.436. The van der Waals surface area contributed by atoms with Crippen LogP contribution in [0.25, 0.3) is 22.3 Å². The van der Waals surface area contributed by atoms with Crippen LogP contribution in [-0.2, 0) is 84.2 Å². The van der Waals surface area contributed by atoms with Crippen LogP contribution in [0.2, 0.25) is 0 Å². The first-order valence-electron chi connectivity index (χ1n) is 25.6. The van der Waals surface area contributed by atoms with E-state index in [1.54, 1.807) is 57.2 Å². The fourth-order valence-electron chi connectivity index (χ4n) is 10.5. The van der Waals surface area contributed by atoms with Gasteiger partial charge in [-0.25, -0.2) is 14.2 Å². The highest BCUT2D eigenvalue weighted by molar-refractivity contribution is 6.15. The molecule has 0 radical (unpaired) electrons. The topological polar surface area (TPSA) is 299 Å². The van der Waals surface area contributed by atoms with Crippen molar-refractivity contribution < 1.29 is 67.2 Å². The molecule has 2 aromatic carbocycles. The number of aryl methyl sites for hydroxylation is 1. The van der Waals surface area contributed by atoms with Gasteiger partial charge < -0.3 is 45.5 Å². The number of carboxylic acid groups (broad SMARTS) is 1. The number of pyridine rings is 2. The SMILES string of the molecule is CC[C@@]1(O)C(=O)OCc2c1cc1n(c2=O)Cc2c-1nc1cc(F)c(C)c3c1c2[C@@H](NC(=O)CNC(=O)[C@@H](CC(=O)CNC(=O)COC[C@H](CC(=O)O)NC(=O)CCCCCN1C(=O)C=C(C)C1=O)Cc1ccccc1)CC3. The standard InChI is InChI=1S/C55H60FN7O14/c1-4-55(75)38-21-42-50-36(25-63(42)53(73)37(38)27-77-54(55)74)49-40(15-14-35-30(3)39(56)22-41(61-50)48(35)49)60-44(66)24-58-51(71)32(18-31-11-7-5-8-12-31)19-34(64)23-57-45(67)28-76-26-33(20-47(69)70)59-43(65)13-9-6-10-16-62-46(68)17-29(2)52(62)72/h5,7-8,11-12,17,21-22,32-33,40,75H,4,6,9-10,13-16,18-20,23-28H2,1-3H3,(H,57,67)(H,58,71)(H,59,65)(H,60,66)(H,69,70)/t32-,33+,40+,55+/m1/s1. The van der Waals surface area contributed by atoms with Gasteiger partial charge in [-0.05, 0) is 80.7 Å². The van der Waals surface area contributed by atoms with Crippen molar-refractivity contribution in [3.8, 4) is 11.4 Å². The molecule has 8 rings (SSSR count). The molecule has 21 nitrogen and oxygen atoms in total. The highest BCUT2D eigenvalue weighted by atomic mass is 19.1. The number of benzene rings is 2. The largest absolute Gasteiger partial charge is 0.481 e. The second-order valence-electron chi connectivity index (χ2n) is 19.9. The van der Waals surface area contributed by atoms with E-state index in [1.165, 1.54) is 16.7 Å². The Hall–Kier alpha value is -7.98. The number of hydrogen-bond acceptors (Lipinski definition) is 14. The van der Waals surface area contributed by atoms with Gasteiger partial charge in [0.05, 0.1) is 67.2 Å². The van der Waals surface area contributed by atoms with Crippen molar-refractivity contribution in [2.45, 2.75) is 116 Å². The maximum Gasteiger partial charge on any atom is 0.343 e. The number of hydrogen-bond donors (Lipinski definition) is 6. The Morgan fingerprint density at radius 1 is 0.935 bits per heavy atom. The quantitative estimate of drug-likeness (QED) is 0.0294. The summed E-state index contributed by atoms with van der Waals surface area (Å²) in [5, 5.41) is 32.2. The lowest BCUT2D eigenvalue weighted by Crippen LogP contribution is -2.44. The van der Waals surface area contributed by atoms with Gasteiger partial charge in [-0.2, -0.15) is 0 Å². The number of amides is 6. The molecule has 1 aliphatic carbocycles. The molecule has 406 valence electrons. The van der Waals surface area contributed by atoms with Crippen LogP contribution in [0.15, 0.2) is 58.9 Å². The van der Waals surface area contributed by atoms with E-state index in [9.17, 15) is 58.2 Å². The average Bonchev–Trinajstić information content (AvgIpc) is 4.11. The number of unbranched alkanes of at least 4 members (excludes halogenated alkanes) is 2. The highest BCUT2D eigenvalue weighted by Gasteiger charge is 2.46. The predicted molar refractivity (Wildman–Crippen MR) is 272 cm³/mol. The number of esters is 1. The Morgan fingerprint density at radius 3 is 2.42 bits per heavy atom. The number of carboxylic acids is 1. The van der Waals surface area contributed by atoms with Crippen molar-refractivity contribution >= 4 is 64.1 Å². The molecule has 6 amide bonds. The Kier molecular flexibility index (Phi) is 16.9. The third kappa shape index (κ3) is 12.0. The number of ketones is 1. The minimum Gasteiger partial charge on any atom is -0.481 e. The van der Waals surface area contributed by atoms with Crippen LogP contribution < -0.4 is 26.8 Å². The van der Waals surface area contributed by atoms with E-state index >= 15 is 4.39 Å². The van der Waals surface area contributed by atoms with Crippen LogP contribution in [0.3, 0.4) is 0 Å². The number of nitrogens with one attached hydrogen (secondary N) is 4. The molecule has 3 aliphatic heterocycles. The number of nitrogens with zero attached hydrogens (tertiary/aromatic N) is 3. The lowest BCUT2D eigenvalue weighted by atomic mass is 9.81. The summed E-state index contributed by atoms with van der Waals surface area (Å²) in [6, 6.07) is 10.1. The second kappa shape index (κ2) is 23.5. The van der Waals surface area contributed by atoms with Gasteiger partial charge in [0.25, 0.3) is 17.4 Å². The Morgan fingerprint density at radius 2 is 1.70 bits per heavy atom. The predicted octanol–water partition coefficient (Wildman–Crippen LogP) is 2.53. The molecule has 0 bridgehead atoms. The van der Waals surface area contributed by atoms with Crippen molar-refractivity contribution in [1.82, 2.24) is 35.7 Å². The summed E-state index contributed by atoms with van der Waals surface area (Å²) in [4.78, 5) is 135. The molecule has 0 spiro atoms. The summed E-state index contributed by atoms with van der Waals surface area (Å²) >= 11 is 0. The molecule has 4 aliphatic rings. The third-order valence-corrected chi connectivity index (χ3v) is 14.6. The first-order valence-corrected chi connectivity index (χ1v) is 25.6.